The van der Waals surface area contributed by atoms with Crippen molar-refractivity contribution in [3.05, 3.63) is 69.0 Å². The molecule has 148 valence electrons. The van der Waals surface area contributed by atoms with Crippen LogP contribution in [0.15, 0.2) is 53.4 Å². The molecule has 1 N–H and O–H groups in total. The molecule has 28 heavy (non-hydrogen) atoms. The molecule has 1 aromatic rings. The zero-order valence-electron chi connectivity index (χ0n) is 16.2. The fourth-order valence-electron chi connectivity index (χ4n) is 3.97. The van der Waals surface area contributed by atoms with Crippen molar-refractivity contribution in [3.8, 4) is 0 Å². The summed E-state index contributed by atoms with van der Waals surface area (Å²) in [6.07, 6.45) is 2.61. The van der Waals surface area contributed by atoms with E-state index in [0.717, 1.165) is 5.70 Å². The normalized spacial score (nSPS) is 21.2. The molecule has 2 aliphatic rings. The van der Waals surface area contributed by atoms with Crippen molar-refractivity contribution in [2.24, 2.45) is 5.41 Å². The van der Waals surface area contributed by atoms with Crippen LogP contribution >= 0.6 is 23.2 Å². The van der Waals surface area contributed by atoms with Gasteiger partial charge in [0, 0.05) is 29.3 Å². The highest BCUT2D eigenvalue weighted by molar-refractivity contribution is 6.42. The van der Waals surface area contributed by atoms with Gasteiger partial charge in [-0.2, -0.15) is 0 Å². The van der Waals surface area contributed by atoms with Gasteiger partial charge in [0.15, 0.2) is 5.78 Å². The van der Waals surface area contributed by atoms with Crippen molar-refractivity contribution >= 4 is 35.0 Å². The number of benzene rings is 1. The maximum atomic E-state index is 13.1. The molecule has 0 radical (unpaired) electrons. The average Bonchev–Trinajstić information content (AvgIpc) is 2.59. The van der Waals surface area contributed by atoms with Crippen LogP contribution in [0.3, 0.4) is 0 Å². The Hall–Kier alpha value is -2.04. The molecule has 4 nitrogen and oxygen atoms in total. The molecule has 0 aromatic heterocycles. The topological polar surface area (TPSA) is 55.4 Å². The number of halogens is 2. The molecule has 1 aromatic carbocycles. The van der Waals surface area contributed by atoms with Crippen LogP contribution in [0.1, 0.15) is 45.1 Å². The fraction of sp³-hybridized carbons (Fsp3) is 0.364. The number of dihydropyridines is 1. The third kappa shape index (κ3) is 3.76. The second kappa shape index (κ2) is 7.76. The van der Waals surface area contributed by atoms with Gasteiger partial charge < -0.3 is 10.1 Å². The van der Waals surface area contributed by atoms with E-state index in [2.05, 4.69) is 25.7 Å². The quantitative estimate of drug-likeness (QED) is 0.529. The highest BCUT2D eigenvalue weighted by Gasteiger charge is 2.43. The third-order valence-electron chi connectivity index (χ3n) is 5.08. The molecular weight excluding hydrogens is 397 g/mol. The van der Waals surface area contributed by atoms with Crippen LogP contribution in [0.25, 0.3) is 0 Å². The number of nitrogens with one attached hydrogen (secondary N) is 1. The van der Waals surface area contributed by atoms with Crippen LogP contribution in [0, 0.1) is 5.41 Å². The van der Waals surface area contributed by atoms with Crippen LogP contribution in [-0.2, 0) is 14.3 Å². The Morgan fingerprint density at radius 3 is 2.75 bits per heavy atom. The average molecular weight is 420 g/mol. The lowest BCUT2D eigenvalue weighted by Crippen LogP contribution is -2.38. The van der Waals surface area contributed by atoms with Crippen molar-refractivity contribution in [1.29, 1.82) is 0 Å². The molecule has 1 aliphatic carbocycles. The summed E-state index contributed by atoms with van der Waals surface area (Å²) in [5, 5.41) is 3.99. The minimum absolute atomic E-state index is 0.00122. The van der Waals surface area contributed by atoms with Gasteiger partial charge in [-0.05, 0) is 30.4 Å². The second-order valence-electron chi connectivity index (χ2n) is 7.96. The number of carbonyl (C=O) groups is 2. The number of hydrogen-bond donors (Lipinski definition) is 1. The second-order valence-corrected chi connectivity index (χ2v) is 8.75. The van der Waals surface area contributed by atoms with Gasteiger partial charge in [-0.25, -0.2) is 4.79 Å². The number of ether oxygens (including phenoxy) is 1. The molecule has 0 unspecified atom stereocenters. The van der Waals surface area contributed by atoms with Crippen molar-refractivity contribution in [2.75, 3.05) is 6.61 Å². The van der Waals surface area contributed by atoms with E-state index in [-0.39, 0.29) is 17.8 Å². The third-order valence-corrected chi connectivity index (χ3v) is 5.92. The highest BCUT2D eigenvalue weighted by Crippen LogP contribution is 2.48. The van der Waals surface area contributed by atoms with E-state index in [0.29, 0.717) is 45.3 Å². The number of hydrogen-bond acceptors (Lipinski definition) is 4. The van der Waals surface area contributed by atoms with Crippen molar-refractivity contribution in [2.45, 2.75) is 39.5 Å². The summed E-state index contributed by atoms with van der Waals surface area (Å²) in [7, 11) is 0. The predicted octanol–water partition coefficient (Wildman–Crippen LogP) is 5.33. The molecule has 3 rings (SSSR count). The summed E-state index contributed by atoms with van der Waals surface area (Å²) in [6, 6.07) is 5.25. The van der Waals surface area contributed by atoms with E-state index >= 15 is 0 Å². The van der Waals surface area contributed by atoms with Crippen LogP contribution in [-0.4, -0.2) is 18.4 Å². The molecule has 0 bridgehead atoms. The monoisotopic (exact) mass is 419 g/mol. The number of ketones is 1. The van der Waals surface area contributed by atoms with E-state index in [1.54, 1.807) is 18.2 Å². The van der Waals surface area contributed by atoms with E-state index in [4.69, 9.17) is 27.9 Å². The maximum Gasteiger partial charge on any atom is 0.337 e. The fourth-order valence-corrected chi connectivity index (χ4v) is 4.39. The summed E-state index contributed by atoms with van der Waals surface area (Å²) in [5.74, 6) is -1.13. The van der Waals surface area contributed by atoms with Crippen molar-refractivity contribution in [3.63, 3.8) is 0 Å². The number of rotatable bonds is 4. The largest absolute Gasteiger partial charge is 0.458 e. The molecule has 1 atom stereocenters. The standard InChI is InChI=1S/C22H23Cl2NO3/c1-5-9-28-21(27)17-12(2)25-15-10-22(3,4)11-16(26)19(15)18(17)13-7-6-8-14(23)20(13)24/h5-8,18,25H,1,9-11H2,2-4H3/t18-/m1/s1. The SMILES string of the molecule is C=CCOC(=O)C1=C(C)NC2=C(C(=O)CC(C)(C)C2)[C@@H]1c1cccc(Cl)c1Cl. The smallest absolute Gasteiger partial charge is 0.337 e. The molecule has 0 spiro atoms. The van der Waals surface area contributed by atoms with Gasteiger partial charge >= 0.3 is 5.97 Å². The van der Waals surface area contributed by atoms with Crippen LogP contribution in [0.5, 0.6) is 0 Å². The van der Waals surface area contributed by atoms with E-state index in [9.17, 15) is 9.59 Å². The minimum atomic E-state index is -0.622. The van der Waals surface area contributed by atoms with Gasteiger partial charge in [-0.3, -0.25) is 4.79 Å². The van der Waals surface area contributed by atoms with E-state index in [1.165, 1.54) is 6.08 Å². The Bertz CT molecular complexity index is 928. The van der Waals surface area contributed by atoms with Crippen LogP contribution in [0.2, 0.25) is 10.0 Å². The lowest BCUT2D eigenvalue weighted by atomic mass is 9.68. The summed E-state index contributed by atoms with van der Waals surface area (Å²) in [4.78, 5) is 26.0. The molecule has 0 saturated carbocycles. The van der Waals surface area contributed by atoms with E-state index in [1.807, 2.05) is 6.92 Å². The molecule has 0 saturated heterocycles. The number of carbonyl (C=O) groups excluding carboxylic acids is 2. The maximum absolute atomic E-state index is 13.1. The lowest BCUT2D eigenvalue weighted by molar-refractivity contribution is -0.138. The Kier molecular flexibility index (Phi) is 5.74. The van der Waals surface area contributed by atoms with Crippen LogP contribution < -0.4 is 5.32 Å². The predicted molar refractivity (Wildman–Crippen MR) is 111 cm³/mol. The molecule has 0 amide bonds. The first-order chi connectivity index (χ1) is 13.2. The summed E-state index contributed by atoms with van der Waals surface area (Å²) >= 11 is 12.7. The van der Waals surface area contributed by atoms with Crippen molar-refractivity contribution < 1.29 is 14.3 Å². The molecule has 1 aliphatic heterocycles. The molecule has 6 heteroatoms. The van der Waals surface area contributed by atoms with E-state index < -0.39 is 11.9 Å². The molecular formula is C22H23Cl2NO3. The van der Waals surface area contributed by atoms with Gasteiger partial charge in [0.1, 0.15) is 6.61 Å². The first-order valence-corrected chi connectivity index (χ1v) is 9.88. The summed E-state index contributed by atoms with van der Waals surface area (Å²) in [6.45, 7) is 9.60. The zero-order valence-corrected chi connectivity index (χ0v) is 17.7. The van der Waals surface area contributed by atoms with Gasteiger partial charge in [-0.1, -0.05) is 61.8 Å². The summed E-state index contributed by atoms with van der Waals surface area (Å²) < 4.78 is 5.31. The molecule has 0 fully saturated rings. The number of esters is 1. The number of Topliss-reactive ketones (excluding diaryl/α,β-unsaturated/α-hetero) is 1. The Labute approximate surface area is 175 Å². The van der Waals surface area contributed by atoms with Gasteiger partial charge in [0.05, 0.1) is 15.6 Å². The van der Waals surface area contributed by atoms with Gasteiger partial charge in [0.2, 0.25) is 0 Å². The number of allylic oxidation sites excluding steroid dienone is 3. The zero-order chi connectivity index (χ0) is 20.6. The Morgan fingerprint density at radius 2 is 2.07 bits per heavy atom. The van der Waals surface area contributed by atoms with Crippen molar-refractivity contribution in [1.82, 2.24) is 5.32 Å². The minimum Gasteiger partial charge on any atom is -0.458 e. The Morgan fingerprint density at radius 1 is 1.36 bits per heavy atom. The van der Waals surface area contributed by atoms with Gasteiger partial charge in [0.25, 0.3) is 0 Å². The summed E-state index contributed by atoms with van der Waals surface area (Å²) in [5.41, 5.74) is 2.89. The Balaban J connectivity index is 2.21. The van der Waals surface area contributed by atoms with Gasteiger partial charge in [-0.15, -0.1) is 0 Å². The van der Waals surface area contributed by atoms with Crippen LogP contribution in [0.4, 0.5) is 0 Å². The highest BCUT2D eigenvalue weighted by atomic mass is 35.5. The first-order valence-electron chi connectivity index (χ1n) is 9.12. The first kappa shape index (κ1) is 20.7. The lowest BCUT2D eigenvalue weighted by Gasteiger charge is -2.39. The molecule has 1 heterocycles.